The van der Waals surface area contributed by atoms with Crippen molar-refractivity contribution in [2.24, 2.45) is 0 Å². The van der Waals surface area contributed by atoms with Gasteiger partial charge in [0.2, 0.25) is 0 Å². The Balaban J connectivity index is 1.85. The molecule has 0 spiro atoms. The molecule has 0 saturated carbocycles. The molecule has 0 aromatic heterocycles. The molecule has 1 atom stereocenters. The molecule has 1 saturated heterocycles. The molecule has 2 rings (SSSR count). The molecule has 0 radical (unpaired) electrons. The van der Waals surface area contributed by atoms with Crippen molar-refractivity contribution in [2.45, 2.75) is 12.5 Å². The van der Waals surface area contributed by atoms with Crippen LogP contribution in [0.5, 0.6) is 5.75 Å². The summed E-state index contributed by atoms with van der Waals surface area (Å²) in [6.45, 7) is 1.39. The topological polar surface area (TPSA) is 48.1 Å². The van der Waals surface area contributed by atoms with E-state index < -0.39 is 0 Å². The minimum absolute atomic E-state index is 0.236. The van der Waals surface area contributed by atoms with E-state index >= 15 is 0 Å². The third-order valence-corrected chi connectivity index (χ3v) is 2.34. The Morgan fingerprint density at radius 1 is 1.44 bits per heavy atom. The predicted octanol–water partition coefficient (Wildman–Crippen LogP) is 1.18. The largest absolute Gasteiger partial charge is 0.491 e. The van der Waals surface area contributed by atoms with Gasteiger partial charge in [-0.25, -0.2) is 0 Å². The molecule has 1 aliphatic heterocycles. The van der Waals surface area contributed by atoms with E-state index in [2.05, 4.69) is 4.74 Å². The lowest BCUT2D eigenvalue weighted by Gasteiger charge is -2.05. The molecule has 4 nitrogen and oxygen atoms in total. The van der Waals surface area contributed by atoms with Crippen molar-refractivity contribution in [1.82, 2.24) is 0 Å². The molecule has 1 aromatic carbocycles. The molecule has 4 heteroatoms. The standard InChI is InChI=1S/C12H14O4/c1-14-12(13)6-9-2-4-10(5-3-9)15-7-11-8-16-11/h2-5,11H,6-8H2,1H3. The van der Waals surface area contributed by atoms with E-state index in [4.69, 9.17) is 9.47 Å². The lowest BCUT2D eigenvalue weighted by Crippen LogP contribution is -2.05. The summed E-state index contributed by atoms with van der Waals surface area (Å²) in [7, 11) is 1.38. The minimum atomic E-state index is -0.236. The van der Waals surface area contributed by atoms with Crippen molar-refractivity contribution in [3.8, 4) is 5.75 Å². The van der Waals surface area contributed by atoms with Crippen LogP contribution in [0, 0.1) is 0 Å². The van der Waals surface area contributed by atoms with Gasteiger partial charge >= 0.3 is 5.97 Å². The fraction of sp³-hybridized carbons (Fsp3) is 0.417. The molecule has 1 heterocycles. The van der Waals surface area contributed by atoms with E-state index in [0.717, 1.165) is 17.9 Å². The van der Waals surface area contributed by atoms with Gasteiger partial charge in [-0.15, -0.1) is 0 Å². The summed E-state index contributed by atoms with van der Waals surface area (Å²) < 4.78 is 15.1. The zero-order valence-electron chi connectivity index (χ0n) is 9.14. The van der Waals surface area contributed by atoms with Crippen LogP contribution in [0.3, 0.4) is 0 Å². The van der Waals surface area contributed by atoms with E-state index in [1.165, 1.54) is 7.11 Å². The third kappa shape index (κ3) is 3.24. The quantitative estimate of drug-likeness (QED) is 0.554. The monoisotopic (exact) mass is 222 g/mol. The summed E-state index contributed by atoms with van der Waals surface area (Å²) in [4.78, 5) is 11.0. The molecule has 16 heavy (non-hydrogen) atoms. The Morgan fingerprint density at radius 3 is 2.69 bits per heavy atom. The number of benzene rings is 1. The lowest BCUT2D eigenvalue weighted by molar-refractivity contribution is -0.139. The first-order valence-electron chi connectivity index (χ1n) is 5.18. The first-order valence-corrected chi connectivity index (χ1v) is 5.18. The van der Waals surface area contributed by atoms with Gasteiger partial charge in [0.05, 0.1) is 20.1 Å². The molecule has 0 N–H and O–H groups in total. The lowest BCUT2D eigenvalue weighted by atomic mass is 10.1. The van der Waals surface area contributed by atoms with Gasteiger partial charge in [-0.2, -0.15) is 0 Å². The Morgan fingerprint density at radius 2 is 2.12 bits per heavy atom. The van der Waals surface area contributed by atoms with Gasteiger partial charge in [0.1, 0.15) is 18.5 Å². The highest BCUT2D eigenvalue weighted by Gasteiger charge is 2.22. The number of epoxide rings is 1. The predicted molar refractivity (Wildman–Crippen MR) is 57.4 cm³/mol. The number of methoxy groups -OCH3 is 1. The average molecular weight is 222 g/mol. The summed E-state index contributed by atoms with van der Waals surface area (Å²) in [5, 5.41) is 0. The molecule has 0 aliphatic carbocycles. The maximum atomic E-state index is 11.0. The van der Waals surface area contributed by atoms with Gasteiger partial charge < -0.3 is 14.2 Å². The highest BCUT2D eigenvalue weighted by molar-refractivity contribution is 5.72. The summed E-state index contributed by atoms with van der Waals surface area (Å²) in [6, 6.07) is 7.42. The van der Waals surface area contributed by atoms with E-state index in [0.29, 0.717) is 13.0 Å². The number of hydrogen-bond donors (Lipinski definition) is 0. The van der Waals surface area contributed by atoms with Gasteiger partial charge in [0.15, 0.2) is 0 Å². The summed E-state index contributed by atoms with van der Waals surface area (Å²) in [5.74, 6) is 0.559. The average Bonchev–Trinajstić information content (AvgIpc) is 3.12. The second-order valence-corrected chi connectivity index (χ2v) is 3.66. The van der Waals surface area contributed by atoms with Crippen molar-refractivity contribution in [3.05, 3.63) is 29.8 Å². The molecule has 1 aromatic rings. The summed E-state index contributed by atoms with van der Waals surface area (Å²) in [5.41, 5.74) is 0.918. The van der Waals surface area contributed by atoms with Crippen LogP contribution in [0.2, 0.25) is 0 Å². The number of hydrogen-bond acceptors (Lipinski definition) is 4. The first-order chi connectivity index (χ1) is 7.78. The van der Waals surface area contributed by atoms with Crippen LogP contribution in [0.25, 0.3) is 0 Å². The SMILES string of the molecule is COC(=O)Cc1ccc(OCC2CO2)cc1. The Bertz CT molecular complexity index is 354. The highest BCUT2D eigenvalue weighted by Crippen LogP contribution is 2.16. The van der Waals surface area contributed by atoms with E-state index in [1.54, 1.807) is 0 Å². The fourth-order valence-corrected chi connectivity index (χ4v) is 1.30. The van der Waals surface area contributed by atoms with Crippen LogP contribution in [0.4, 0.5) is 0 Å². The molecular weight excluding hydrogens is 208 g/mol. The van der Waals surface area contributed by atoms with Crippen LogP contribution in [0.15, 0.2) is 24.3 Å². The zero-order valence-corrected chi connectivity index (χ0v) is 9.14. The summed E-state index contributed by atoms with van der Waals surface area (Å²) in [6.07, 6.45) is 0.553. The normalized spacial score (nSPS) is 17.9. The van der Waals surface area contributed by atoms with Crippen molar-refractivity contribution in [2.75, 3.05) is 20.3 Å². The molecular formula is C12H14O4. The second-order valence-electron chi connectivity index (χ2n) is 3.66. The van der Waals surface area contributed by atoms with Crippen molar-refractivity contribution < 1.29 is 19.0 Å². The third-order valence-electron chi connectivity index (χ3n) is 2.34. The van der Waals surface area contributed by atoms with Gasteiger partial charge in [0, 0.05) is 0 Å². The molecule has 86 valence electrons. The van der Waals surface area contributed by atoms with Crippen molar-refractivity contribution in [3.63, 3.8) is 0 Å². The molecule has 1 aliphatic rings. The second kappa shape index (κ2) is 4.99. The zero-order chi connectivity index (χ0) is 11.4. The maximum Gasteiger partial charge on any atom is 0.309 e. The Labute approximate surface area is 94.1 Å². The van der Waals surface area contributed by atoms with Crippen LogP contribution < -0.4 is 4.74 Å². The minimum Gasteiger partial charge on any atom is -0.491 e. The van der Waals surface area contributed by atoms with Gasteiger partial charge in [-0.05, 0) is 17.7 Å². The van der Waals surface area contributed by atoms with Gasteiger partial charge in [-0.1, -0.05) is 12.1 Å². The van der Waals surface area contributed by atoms with Crippen molar-refractivity contribution >= 4 is 5.97 Å². The van der Waals surface area contributed by atoms with E-state index in [9.17, 15) is 4.79 Å². The Kier molecular flexibility index (Phi) is 3.41. The molecule has 1 unspecified atom stereocenters. The molecule has 1 fully saturated rings. The first kappa shape index (κ1) is 11.0. The molecule has 0 bridgehead atoms. The van der Waals surface area contributed by atoms with Gasteiger partial charge in [0.25, 0.3) is 0 Å². The Hall–Kier alpha value is -1.55. The number of rotatable bonds is 5. The number of ether oxygens (including phenoxy) is 3. The van der Waals surface area contributed by atoms with Gasteiger partial charge in [-0.3, -0.25) is 4.79 Å². The van der Waals surface area contributed by atoms with Crippen LogP contribution in [0.1, 0.15) is 5.56 Å². The molecule has 0 amide bonds. The van der Waals surface area contributed by atoms with E-state index in [1.807, 2.05) is 24.3 Å². The van der Waals surface area contributed by atoms with Crippen LogP contribution >= 0.6 is 0 Å². The number of carbonyl (C=O) groups is 1. The highest BCUT2D eigenvalue weighted by atomic mass is 16.6. The van der Waals surface area contributed by atoms with Crippen molar-refractivity contribution in [1.29, 1.82) is 0 Å². The fourth-order valence-electron chi connectivity index (χ4n) is 1.30. The van der Waals surface area contributed by atoms with Crippen LogP contribution in [-0.2, 0) is 20.7 Å². The smallest absolute Gasteiger partial charge is 0.309 e. The van der Waals surface area contributed by atoms with E-state index in [-0.39, 0.29) is 12.1 Å². The number of esters is 1. The number of carbonyl (C=O) groups excluding carboxylic acids is 1. The summed E-state index contributed by atoms with van der Waals surface area (Å²) >= 11 is 0. The van der Waals surface area contributed by atoms with Crippen LogP contribution in [-0.4, -0.2) is 32.4 Å². The maximum absolute atomic E-state index is 11.0.